The maximum Gasteiger partial charge on any atom is 0.271 e. The van der Waals surface area contributed by atoms with Crippen LogP contribution in [-0.4, -0.2) is 35.0 Å². The number of thioether (sulfide) groups is 1. The standard InChI is InChI=1S/C25H26FN3O4S/c1-15-11-22(16(2)29(15)21-8-6-20(26)7-9-21)25(32)28-27-24(31)14-34-13-19-12-18(17(3)30)5-10-23(19)33-4/h5-12H,13-14H2,1-4H3,(H,27,31)(H,28,32). The van der Waals surface area contributed by atoms with Crippen molar-refractivity contribution >= 4 is 29.4 Å². The summed E-state index contributed by atoms with van der Waals surface area (Å²) >= 11 is 1.33. The van der Waals surface area contributed by atoms with Crippen LogP contribution in [0.1, 0.15) is 44.6 Å². The van der Waals surface area contributed by atoms with Crippen molar-refractivity contribution in [1.29, 1.82) is 0 Å². The largest absolute Gasteiger partial charge is 0.496 e. The van der Waals surface area contributed by atoms with E-state index in [0.29, 0.717) is 28.3 Å². The van der Waals surface area contributed by atoms with E-state index in [1.54, 1.807) is 50.4 Å². The number of hydrogen-bond acceptors (Lipinski definition) is 5. The van der Waals surface area contributed by atoms with E-state index in [4.69, 9.17) is 4.74 Å². The van der Waals surface area contributed by atoms with Crippen molar-refractivity contribution < 1.29 is 23.5 Å². The van der Waals surface area contributed by atoms with E-state index in [0.717, 1.165) is 16.9 Å². The highest BCUT2D eigenvalue weighted by molar-refractivity contribution is 7.99. The number of aromatic nitrogens is 1. The van der Waals surface area contributed by atoms with Gasteiger partial charge in [-0.05, 0) is 69.3 Å². The zero-order valence-corrected chi connectivity index (χ0v) is 20.2. The van der Waals surface area contributed by atoms with Crippen molar-refractivity contribution in [3.05, 3.63) is 82.4 Å². The molecule has 2 aromatic carbocycles. The summed E-state index contributed by atoms with van der Waals surface area (Å²) in [6.07, 6.45) is 0. The van der Waals surface area contributed by atoms with E-state index in [-0.39, 0.29) is 23.3 Å². The van der Waals surface area contributed by atoms with Gasteiger partial charge >= 0.3 is 0 Å². The average molecular weight is 484 g/mol. The molecule has 2 N–H and O–H groups in total. The van der Waals surface area contributed by atoms with Crippen LogP contribution in [0.3, 0.4) is 0 Å². The molecule has 0 unspecified atom stereocenters. The number of methoxy groups -OCH3 is 1. The summed E-state index contributed by atoms with van der Waals surface area (Å²) < 4.78 is 20.4. The molecule has 0 spiro atoms. The lowest BCUT2D eigenvalue weighted by molar-refractivity contribution is -0.119. The molecule has 1 aromatic heterocycles. The lowest BCUT2D eigenvalue weighted by Gasteiger charge is -2.11. The van der Waals surface area contributed by atoms with E-state index in [2.05, 4.69) is 10.9 Å². The maximum absolute atomic E-state index is 13.3. The molecular weight excluding hydrogens is 457 g/mol. The lowest BCUT2D eigenvalue weighted by Crippen LogP contribution is -2.42. The Bertz CT molecular complexity index is 1220. The maximum atomic E-state index is 13.3. The number of ether oxygens (including phenoxy) is 1. The van der Waals surface area contributed by atoms with Gasteiger partial charge < -0.3 is 9.30 Å². The van der Waals surface area contributed by atoms with E-state index in [1.165, 1.54) is 30.8 Å². The highest BCUT2D eigenvalue weighted by Gasteiger charge is 2.17. The smallest absolute Gasteiger partial charge is 0.271 e. The molecule has 0 bridgehead atoms. The van der Waals surface area contributed by atoms with Gasteiger partial charge in [-0.15, -0.1) is 11.8 Å². The van der Waals surface area contributed by atoms with Crippen LogP contribution in [0.25, 0.3) is 5.69 Å². The predicted molar refractivity (Wildman–Crippen MR) is 130 cm³/mol. The van der Waals surface area contributed by atoms with Crippen molar-refractivity contribution in [2.24, 2.45) is 0 Å². The molecular formula is C25H26FN3O4S. The number of nitrogens with one attached hydrogen (secondary N) is 2. The first-order chi connectivity index (χ1) is 16.2. The summed E-state index contributed by atoms with van der Waals surface area (Å²) in [4.78, 5) is 36.5. The molecule has 3 aromatic rings. The molecule has 0 atom stereocenters. The fourth-order valence-corrected chi connectivity index (χ4v) is 4.38. The highest BCUT2D eigenvalue weighted by Crippen LogP contribution is 2.25. The fraction of sp³-hybridized carbons (Fsp3) is 0.240. The van der Waals surface area contributed by atoms with Gasteiger partial charge in [0, 0.05) is 34.0 Å². The number of Topliss-reactive ketones (excluding diaryl/α,β-unsaturated/α-hetero) is 1. The number of halogens is 1. The van der Waals surface area contributed by atoms with Crippen LogP contribution in [0.5, 0.6) is 5.75 Å². The second kappa shape index (κ2) is 11.0. The molecule has 0 aliphatic heterocycles. The minimum atomic E-state index is -0.448. The van der Waals surface area contributed by atoms with Crippen molar-refractivity contribution in [3.8, 4) is 11.4 Å². The van der Waals surface area contributed by atoms with Gasteiger partial charge in [0.2, 0.25) is 5.91 Å². The van der Waals surface area contributed by atoms with Crippen molar-refractivity contribution in [3.63, 3.8) is 0 Å². The number of amides is 2. The summed E-state index contributed by atoms with van der Waals surface area (Å²) in [5.41, 5.74) is 8.86. The quantitative estimate of drug-likeness (QED) is 0.371. The van der Waals surface area contributed by atoms with E-state index in [1.807, 2.05) is 11.5 Å². The zero-order chi connectivity index (χ0) is 24.8. The SMILES string of the molecule is COc1ccc(C(C)=O)cc1CSCC(=O)NNC(=O)c1cc(C)n(-c2ccc(F)cc2)c1C. The predicted octanol–water partition coefficient (Wildman–Crippen LogP) is 4.14. The molecule has 9 heteroatoms. The molecule has 34 heavy (non-hydrogen) atoms. The Morgan fingerprint density at radius 3 is 2.38 bits per heavy atom. The van der Waals surface area contributed by atoms with Crippen LogP contribution in [0.15, 0.2) is 48.5 Å². The third-order valence-corrected chi connectivity index (χ3v) is 6.24. The molecule has 0 saturated carbocycles. The third-order valence-electron chi connectivity index (χ3n) is 5.25. The van der Waals surface area contributed by atoms with E-state index in [9.17, 15) is 18.8 Å². The Morgan fingerprint density at radius 1 is 1.03 bits per heavy atom. The Morgan fingerprint density at radius 2 is 1.74 bits per heavy atom. The van der Waals surface area contributed by atoms with Gasteiger partial charge in [0.05, 0.1) is 18.4 Å². The average Bonchev–Trinajstić information content (AvgIpc) is 3.11. The van der Waals surface area contributed by atoms with Gasteiger partial charge in [0.25, 0.3) is 5.91 Å². The number of aryl methyl sites for hydroxylation is 1. The van der Waals surface area contributed by atoms with Crippen LogP contribution in [0.4, 0.5) is 4.39 Å². The molecule has 0 radical (unpaired) electrons. The minimum Gasteiger partial charge on any atom is -0.496 e. The normalized spacial score (nSPS) is 10.6. The van der Waals surface area contributed by atoms with Gasteiger partial charge in [-0.1, -0.05) is 0 Å². The van der Waals surface area contributed by atoms with Gasteiger partial charge in [0.15, 0.2) is 5.78 Å². The summed E-state index contributed by atoms with van der Waals surface area (Å²) in [6.45, 7) is 5.12. The van der Waals surface area contributed by atoms with Crippen molar-refractivity contribution in [2.75, 3.05) is 12.9 Å². The zero-order valence-electron chi connectivity index (χ0n) is 19.4. The van der Waals surface area contributed by atoms with E-state index >= 15 is 0 Å². The topological polar surface area (TPSA) is 89.4 Å². The van der Waals surface area contributed by atoms with Crippen LogP contribution in [-0.2, 0) is 10.5 Å². The Balaban J connectivity index is 1.56. The summed E-state index contributed by atoms with van der Waals surface area (Å²) in [5.74, 6) is 0.000889. The van der Waals surface area contributed by atoms with Gasteiger partial charge in [0.1, 0.15) is 11.6 Å². The lowest BCUT2D eigenvalue weighted by atomic mass is 10.1. The molecule has 0 aliphatic carbocycles. The number of rotatable bonds is 8. The molecule has 0 saturated heterocycles. The summed E-state index contributed by atoms with van der Waals surface area (Å²) in [6, 6.07) is 12.9. The van der Waals surface area contributed by atoms with Crippen LogP contribution in [0.2, 0.25) is 0 Å². The van der Waals surface area contributed by atoms with Crippen LogP contribution >= 0.6 is 11.8 Å². The van der Waals surface area contributed by atoms with Crippen molar-refractivity contribution in [1.82, 2.24) is 15.4 Å². The molecule has 0 fully saturated rings. The summed E-state index contributed by atoms with van der Waals surface area (Å²) in [5, 5.41) is 0. The first kappa shape index (κ1) is 25.0. The van der Waals surface area contributed by atoms with E-state index < -0.39 is 5.91 Å². The number of hydrazine groups is 1. The van der Waals surface area contributed by atoms with Crippen LogP contribution < -0.4 is 15.6 Å². The Labute approximate surface area is 201 Å². The highest BCUT2D eigenvalue weighted by atomic mass is 32.2. The Kier molecular flexibility index (Phi) is 8.12. The second-order valence-corrected chi connectivity index (χ2v) is 8.66. The molecule has 178 valence electrons. The first-order valence-corrected chi connectivity index (χ1v) is 11.7. The second-order valence-electron chi connectivity index (χ2n) is 7.67. The number of carbonyl (C=O) groups is 3. The fourth-order valence-electron chi connectivity index (χ4n) is 3.57. The molecule has 0 aliphatic rings. The van der Waals surface area contributed by atoms with Gasteiger partial charge in [-0.25, -0.2) is 4.39 Å². The monoisotopic (exact) mass is 483 g/mol. The first-order valence-electron chi connectivity index (χ1n) is 10.5. The minimum absolute atomic E-state index is 0.0480. The number of ketones is 1. The van der Waals surface area contributed by atoms with Crippen molar-refractivity contribution in [2.45, 2.75) is 26.5 Å². The number of carbonyl (C=O) groups excluding carboxylic acids is 3. The molecule has 2 amide bonds. The van der Waals surface area contributed by atoms with Gasteiger partial charge in [-0.3, -0.25) is 25.2 Å². The molecule has 3 rings (SSSR count). The number of benzene rings is 2. The number of hydrogen-bond donors (Lipinski definition) is 2. The Hall–Kier alpha value is -3.59. The van der Waals surface area contributed by atoms with Gasteiger partial charge in [-0.2, -0.15) is 0 Å². The number of nitrogens with zero attached hydrogens (tertiary/aromatic N) is 1. The third kappa shape index (κ3) is 5.85. The molecule has 7 nitrogen and oxygen atoms in total. The van der Waals surface area contributed by atoms with Crippen LogP contribution in [0, 0.1) is 19.7 Å². The molecule has 1 heterocycles. The summed E-state index contributed by atoms with van der Waals surface area (Å²) in [7, 11) is 1.55.